The SMILES string of the molecule is CC(C)(NCc1ccn[nH]1)C1CC1. The molecule has 1 aliphatic carbocycles. The Balaban J connectivity index is 1.84. The fourth-order valence-electron chi connectivity index (χ4n) is 1.66. The maximum absolute atomic E-state index is 3.92. The van der Waals surface area contributed by atoms with E-state index < -0.39 is 0 Å². The number of H-pyrrole nitrogens is 1. The predicted molar refractivity (Wildman–Crippen MR) is 52.2 cm³/mol. The molecular formula is C10H17N3. The molecule has 2 rings (SSSR count). The van der Waals surface area contributed by atoms with Crippen LogP contribution < -0.4 is 5.32 Å². The van der Waals surface area contributed by atoms with Crippen LogP contribution in [0.1, 0.15) is 32.4 Å². The van der Waals surface area contributed by atoms with Gasteiger partial charge in [0.15, 0.2) is 0 Å². The van der Waals surface area contributed by atoms with Crippen LogP contribution >= 0.6 is 0 Å². The normalized spacial score (nSPS) is 17.7. The molecule has 0 unspecified atom stereocenters. The number of aromatic nitrogens is 2. The Bertz CT molecular complexity index is 260. The monoisotopic (exact) mass is 179 g/mol. The van der Waals surface area contributed by atoms with Crippen LogP contribution in [0.2, 0.25) is 0 Å². The molecular weight excluding hydrogens is 162 g/mol. The van der Waals surface area contributed by atoms with Gasteiger partial charge in [-0.15, -0.1) is 0 Å². The Morgan fingerprint density at radius 1 is 1.62 bits per heavy atom. The van der Waals surface area contributed by atoms with Crippen molar-refractivity contribution in [2.24, 2.45) is 5.92 Å². The van der Waals surface area contributed by atoms with Crippen molar-refractivity contribution in [3.63, 3.8) is 0 Å². The average Bonchev–Trinajstić information content (AvgIpc) is 2.82. The van der Waals surface area contributed by atoms with Crippen LogP contribution in [0.5, 0.6) is 0 Å². The second-order valence-electron chi connectivity index (χ2n) is 4.43. The molecule has 1 aromatic heterocycles. The predicted octanol–water partition coefficient (Wildman–Crippen LogP) is 1.69. The van der Waals surface area contributed by atoms with Gasteiger partial charge >= 0.3 is 0 Å². The van der Waals surface area contributed by atoms with Crippen molar-refractivity contribution < 1.29 is 0 Å². The summed E-state index contributed by atoms with van der Waals surface area (Å²) in [4.78, 5) is 0. The van der Waals surface area contributed by atoms with Gasteiger partial charge < -0.3 is 5.32 Å². The van der Waals surface area contributed by atoms with Gasteiger partial charge in [0.2, 0.25) is 0 Å². The van der Waals surface area contributed by atoms with Gasteiger partial charge in [0.1, 0.15) is 0 Å². The Morgan fingerprint density at radius 2 is 2.38 bits per heavy atom. The molecule has 2 N–H and O–H groups in total. The van der Waals surface area contributed by atoms with Crippen molar-refractivity contribution in [1.29, 1.82) is 0 Å². The molecule has 1 saturated carbocycles. The van der Waals surface area contributed by atoms with Crippen molar-refractivity contribution in [2.75, 3.05) is 0 Å². The van der Waals surface area contributed by atoms with Crippen molar-refractivity contribution in [3.05, 3.63) is 18.0 Å². The fourth-order valence-corrected chi connectivity index (χ4v) is 1.66. The molecule has 0 radical (unpaired) electrons. The molecule has 0 amide bonds. The highest BCUT2D eigenvalue weighted by molar-refractivity contribution is 5.00. The highest BCUT2D eigenvalue weighted by Gasteiger charge is 2.37. The lowest BCUT2D eigenvalue weighted by Crippen LogP contribution is -2.40. The summed E-state index contributed by atoms with van der Waals surface area (Å²) in [6, 6.07) is 2.01. The third-order valence-corrected chi connectivity index (χ3v) is 2.89. The van der Waals surface area contributed by atoms with E-state index in [1.165, 1.54) is 12.8 Å². The maximum atomic E-state index is 3.92. The summed E-state index contributed by atoms with van der Waals surface area (Å²) in [6.07, 6.45) is 4.55. The first-order valence-corrected chi connectivity index (χ1v) is 4.92. The number of rotatable bonds is 4. The largest absolute Gasteiger partial charge is 0.306 e. The second kappa shape index (κ2) is 3.14. The molecule has 0 aromatic carbocycles. The van der Waals surface area contributed by atoms with Crippen LogP contribution in [0.25, 0.3) is 0 Å². The van der Waals surface area contributed by atoms with Gasteiger partial charge in [0.25, 0.3) is 0 Å². The zero-order valence-electron chi connectivity index (χ0n) is 8.30. The summed E-state index contributed by atoms with van der Waals surface area (Å²) in [7, 11) is 0. The maximum Gasteiger partial charge on any atom is 0.0490 e. The molecule has 13 heavy (non-hydrogen) atoms. The first-order chi connectivity index (χ1) is 6.18. The minimum absolute atomic E-state index is 0.283. The molecule has 1 aliphatic rings. The van der Waals surface area contributed by atoms with Crippen molar-refractivity contribution in [1.82, 2.24) is 15.5 Å². The van der Waals surface area contributed by atoms with Crippen LogP contribution in [0, 0.1) is 5.92 Å². The fraction of sp³-hybridized carbons (Fsp3) is 0.700. The molecule has 0 saturated heterocycles. The highest BCUT2D eigenvalue weighted by atomic mass is 15.1. The average molecular weight is 179 g/mol. The third-order valence-electron chi connectivity index (χ3n) is 2.89. The second-order valence-corrected chi connectivity index (χ2v) is 4.43. The van der Waals surface area contributed by atoms with E-state index in [4.69, 9.17) is 0 Å². The summed E-state index contributed by atoms with van der Waals surface area (Å²) in [6.45, 7) is 5.45. The number of hydrogen-bond acceptors (Lipinski definition) is 2. The summed E-state index contributed by atoms with van der Waals surface area (Å²) in [5.41, 5.74) is 1.44. The van der Waals surface area contributed by atoms with Gasteiger partial charge in [-0.05, 0) is 38.7 Å². The van der Waals surface area contributed by atoms with E-state index in [9.17, 15) is 0 Å². The van der Waals surface area contributed by atoms with Crippen LogP contribution in [0.3, 0.4) is 0 Å². The van der Waals surface area contributed by atoms with Crippen molar-refractivity contribution >= 4 is 0 Å². The Hall–Kier alpha value is -0.830. The smallest absolute Gasteiger partial charge is 0.0490 e. The summed E-state index contributed by atoms with van der Waals surface area (Å²) in [5.74, 6) is 0.871. The molecule has 0 bridgehead atoms. The molecule has 72 valence electrons. The molecule has 0 aliphatic heterocycles. The zero-order valence-corrected chi connectivity index (χ0v) is 8.30. The molecule has 0 spiro atoms. The quantitative estimate of drug-likeness (QED) is 0.738. The van der Waals surface area contributed by atoms with E-state index in [1.54, 1.807) is 6.20 Å². The Kier molecular flexibility index (Phi) is 2.12. The standard InChI is InChI=1S/C10H17N3/c1-10(2,8-3-4-8)11-7-9-5-6-12-13-9/h5-6,8,11H,3-4,7H2,1-2H3,(H,12,13). The molecule has 1 fully saturated rings. The molecule has 3 heteroatoms. The lowest BCUT2D eigenvalue weighted by atomic mass is 9.99. The molecule has 1 heterocycles. The van der Waals surface area contributed by atoms with E-state index in [0.29, 0.717) is 0 Å². The van der Waals surface area contributed by atoms with Gasteiger partial charge in [0.05, 0.1) is 0 Å². The number of hydrogen-bond donors (Lipinski definition) is 2. The zero-order chi connectivity index (χ0) is 9.31. The van der Waals surface area contributed by atoms with E-state index in [-0.39, 0.29) is 5.54 Å². The topological polar surface area (TPSA) is 40.7 Å². The Labute approximate surface area is 78.9 Å². The van der Waals surface area contributed by atoms with Gasteiger partial charge in [-0.3, -0.25) is 5.10 Å². The van der Waals surface area contributed by atoms with Gasteiger partial charge in [-0.1, -0.05) is 0 Å². The van der Waals surface area contributed by atoms with E-state index in [2.05, 4.69) is 29.4 Å². The third kappa shape index (κ3) is 2.10. The van der Waals surface area contributed by atoms with Crippen LogP contribution in [0.4, 0.5) is 0 Å². The number of aromatic amines is 1. The Morgan fingerprint density at radius 3 is 2.92 bits per heavy atom. The van der Waals surface area contributed by atoms with Crippen LogP contribution in [0.15, 0.2) is 12.3 Å². The summed E-state index contributed by atoms with van der Waals surface area (Å²) in [5, 5.41) is 10.4. The van der Waals surface area contributed by atoms with E-state index >= 15 is 0 Å². The van der Waals surface area contributed by atoms with E-state index in [1.807, 2.05) is 6.07 Å². The number of nitrogens with zero attached hydrogens (tertiary/aromatic N) is 1. The first-order valence-electron chi connectivity index (χ1n) is 4.92. The number of nitrogens with one attached hydrogen (secondary N) is 2. The van der Waals surface area contributed by atoms with Gasteiger partial charge in [0, 0.05) is 24.0 Å². The highest BCUT2D eigenvalue weighted by Crippen LogP contribution is 2.39. The molecule has 0 atom stereocenters. The van der Waals surface area contributed by atoms with Gasteiger partial charge in [-0.2, -0.15) is 5.10 Å². The van der Waals surface area contributed by atoms with Gasteiger partial charge in [-0.25, -0.2) is 0 Å². The summed E-state index contributed by atoms with van der Waals surface area (Å²) >= 11 is 0. The molecule has 1 aromatic rings. The van der Waals surface area contributed by atoms with Crippen molar-refractivity contribution in [2.45, 2.75) is 38.8 Å². The molecule has 3 nitrogen and oxygen atoms in total. The minimum Gasteiger partial charge on any atom is -0.306 e. The van der Waals surface area contributed by atoms with E-state index in [0.717, 1.165) is 18.2 Å². The summed E-state index contributed by atoms with van der Waals surface area (Å²) < 4.78 is 0. The lowest BCUT2D eigenvalue weighted by Gasteiger charge is -2.25. The lowest BCUT2D eigenvalue weighted by molar-refractivity contribution is 0.337. The van der Waals surface area contributed by atoms with Crippen LogP contribution in [-0.2, 0) is 6.54 Å². The minimum atomic E-state index is 0.283. The first kappa shape index (κ1) is 8.75. The van der Waals surface area contributed by atoms with Crippen LogP contribution in [-0.4, -0.2) is 15.7 Å². The van der Waals surface area contributed by atoms with Crippen molar-refractivity contribution in [3.8, 4) is 0 Å².